The molecule has 0 aliphatic heterocycles. The lowest BCUT2D eigenvalue weighted by molar-refractivity contribution is 0.408. The number of nitrogens with zero attached hydrogens (tertiary/aromatic N) is 2. The highest BCUT2D eigenvalue weighted by atomic mass is 32.1. The molecule has 1 aliphatic rings. The smallest absolute Gasteiger partial charge is 0.307 e. The second-order valence-corrected chi connectivity index (χ2v) is 6.24. The number of fused-ring (bicyclic) bond motifs is 1. The second kappa shape index (κ2) is 5.04. The van der Waals surface area contributed by atoms with Crippen LogP contribution in [0.5, 0.6) is 0 Å². The van der Waals surface area contributed by atoms with Crippen LogP contribution < -0.4 is 4.87 Å². The molecule has 0 saturated heterocycles. The molecule has 0 bridgehead atoms. The Labute approximate surface area is 124 Å². The van der Waals surface area contributed by atoms with E-state index in [1.807, 2.05) is 16.7 Å². The van der Waals surface area contributed by atoms with Crippen molar-refractivity contribution in [2.75, 3.05) is 0 Å². The minimum absolute atomic E-state index is 0.101. The largest absolute Gasteiger partial charge is 0.461 e. The summed E-state index contributed by atoms with van der Waals surface area (Å²) >= 11 is 1.37. The highest BCUT2D eigenvalue weighted by molar-refractivity contribution is 7.09. The molecule has 0 spiro atoms. The van der Waals surface area contributed by atoms with Crippen LogP contribution in [-0.2, 0) is 19.4 Å². The summed E-state index contributed by atoms with van der Waals surface area (Å²) in [6.07, 6.45) is 5.94. The predicted molar refractivity (Wildman–Crippen MR) is 78.5 cm³/mol. The van der Waals surface area contributed by atoms with Gasteiger partial charge in [-0.25, -0.2) is 0 Å². The summed E-state index contributed by atoms with van der Waals surface area (Å²) in [6, 6.07) is 5.46. The van der Waals surface area contributed by atoms with Crippen LogP contribution in [0.1, 0.15) is 29.1 Å². The lowest BCUT2D eigenvalue weighted by Crippen LogP contribution is -2.18. The monoisotopic (exact) mass is 302 g/mol. The molecule has 3 aromatic heterocycles. The minimum Gasteiger partial charge on any atom is -0.461 e. The van der Waals surface area contributed by atoms with E-state index < -0.39 is 0 Å². The first kappa shape index (κ1) is 12.6. The Bertz CT molecular complexity index is 810. The molecule has 0 fully saturated rings. The summed E-state index contributed by atoms with van der Waals surface area (Å²) in [5, 5.41) is 4.05. The summed E-state index contributed by atoms with van der Waals surface area (Å²) in [6.45, 7) is 0.467. The normalized spacial score (nSPS) is 14.3. The van der Waals surface area contributed by atoms with E-state index in [-0.39, 0.29) is 4.87 Å². The maximum absolute atomic E-state index is 12.2. The van der Waals surface area contributed by atoms with Crippen LogP contribution in [0.3, 0.4) is 0 Å². The van der Waals surface area contributed by atoms with Gasteiger partial charge in [0.2, 0.25) is 5.76 Å². The number of rotatable bonds is 3. The van der Waals surface area contributed by atoms with Crippen LogP contribution >= 0.6 is 11.3 Å². The number of hydrogen-bond acceptors (Lipinski definition) is 5. The van der Waals surface area contributed by atoms with Gasteiger partial charge in [0.05, 0.1) is 12.8 Å². The van der Waals surface area contributed by atoms with Crippen molar-refractivity contribution in [1.29, 1.82) is 0 Å². The average molecular weight is 302 g/mol. The van der Waals surface area contributed by atoms with Gasteiger partial charge in [-0.15, -0.1) is 0 Å². The van der Waals surface area contributed by atoms with Crippen LogP contribution in [-0.4, -0.2) is 9.72 Å². The fourth-order valence-corrected chi connectivity index (χ4v) is 3.84. The van der Waals surface area contributed by atoms with Crippen LogP contribution in [0.4, 0.5) is 0 Å². The van der Waals surface area contributed by atoms with Gasteiger partial charge in [0.25, 0.3) is 0 Å². The quantitative estimate of drug-likeness (QED) is 0.746. The van der Waals surface area contributed by atoms with E-state index in [0.29, 0.717) is 18.1 Å². The molecule has 5 nitrogen and oxygen atoms in total. The van der Waals surface area contributed by atoms with Crippen molar-refractivity contribution in [3.8, 4) is 11.5 Å². The second-order valence-electron chi connectivity index (χ2n) is 5.19. The van der Waals surface area contributed by atoms with E-state index in [0.717, 1.165) is 25.0 Å². The molecule has 0 amide bonds. The molecule has 1 aliphatic carbocycles. The fraction of sp³-hybridized carbons (Fsp3) is 0.333. The molecule has 3 heterocycles. The van der Waals surface area contributed by atoms with Crippen molar-refractivity contribution in [1.82, 2.24) is 9.72 Å². The van der Waals surface area contributed by atoms with E-state index in [4.69, 9.17) is 8.94 Å². The Hall–Kier alpha value is -2.08. The third kappa shape index (κ3) is 2.25. The van der Waals surface area contributed by atoms with Crippen molar-refractivity contribution in [2.45, 2.75) is 32.2 Å². The highest BCUT2D eigenvalue weighted by Gasteiger charge is 2.19. The summed E-state index contributed by atoms with van der Waals surface area (Å²) in [5.41, 5.74) is 1.92. The first-order valence-electron chi connectivity index (χ1n) is 7.02. The average Bonchev–Trinajstić information content (AvgIpc) is 3.20. The van der Waals surface area contributed by atoms with Crippen molar-refractivity contribution in [2.24, 2.45) is 0 Å². The molecule has 4 rings (SSSR count). The van der Waals surface area contributed by atoms with Crippen LogP contribution in [0, 0.1) is 0 Å². The van der Waals surface area contributed by atoms with E-state index >= 15 is 0 Å². The topological polar surface area (TPSA) is 61.2 Å². The number of aromatic nitrogens is 2. The Morgan fingerprint density at radius 3 is 3.05 bits per heavy atom. The molecule has 6 heteroatoms. The van der Waals surface area contributed by atoms with Crippen molar-refractivity contribution < 1.29 is 8.94 Å². The molecule has 108 valence electrons. The lowest BCUT2D eigenvalue weighted by Gasteiger charge is -2.12. The van der Waals surface area contributed by atoms with E-state index in [1.165, 1.54) is 28.3 Å². The van der Waals surface area contributed by atoms with Gasteiger partial charge >= 0.3 is 4.87 Å². The molecular weight excluding hydrogens is 288 g/mol. The van der Waals surface area contributed by atoms with Gasteiger partial charge < -0.3 is 8.94 Å². The van der Waals surface area contributed by atoms with Crippen molar-refractivity contribution in [3.63, 3.8) is 0 Å². The first-order chi connectivity index (χ1) is 10.3. The van der Waals surface area contributed by atoms with Gasteiger partial charge in [-0.05, 0) is 37.8 Å². The number of furan rings is 1. The molecule has 0 saturated carbocycles. The molecule has 0 unspecified atom stereocenters. The zero-order valence-corrected chi connectivity index (χ0v) is 12.2. The predicted octanol–water partition coefficient (Wildman–Crippen LogP) is 3.08. The van der Waals surface area contributed by atoms with Gasteiger partial charge in [0.1, 0.15) is 5.69 Å². The van der Waals surface area contributed by atoms with Gasteiger partial charge in [0.15, 0.2) is 5.76 Å². The zero-order valence-electron chi connectivity index (χ0n) is 11.4. The molecule has 0 atom stereocenters. The fourth-order valence-electron chi connectivity index (χ4n) is 2.77. The maximum Gasteiger partial charge on any atom is 0.307 e. The summed E-state index contributed by atoms with van der Waals surface area (Å²) in [7, 11) is 0. The summed E-state index contributed by atoms with van der Waals surface area (Å²) in [4.78, 5) is 13.5. The Morgan fingerprint density at radius 1 is 1.29 bits per heavy atom. The first-order valence-corrected chi connectivity index (χ1v) is 7.84. The molecule has 0 radical (unpaired) electrons. The Kier molecular flexibility index (Phi) is 3.03. The van der Waals surface area contributed by atoms with Gasteiger partial charge in [-0.3, -0.25) is 9.36 Å². The third-order valence-electron chi connectivity index (χ3n) is 3.79. The van der Waals surface area contributed by atoms with E-state index in [1.54, 1.807) is 12.3 Å². The molecule has 3 aromatic rings. The molecule has 0 aromatic carbocycles. The SMILES string of the molecule is O=c1sc2c(n1Cc1cc(-c3ccco3)on1)CCCC2. The minimum atomic E-state index is 0.101. The number of thiazole rings is 1. The van der Waals surface area contributed by atoms with Crippen LogP contribution in [0.25, 0.3) is 11.5 Å². The van der Waals surface area contributed by atoms with Gasteiger partial charge in [-0.1, -0.05) is 16.5 Å². The Balaban J connectivity index is 1.65. The van der Waals surface area contributed by atoms with E-state index in [9.17, 15) is 4.79 Å². The lowest BCUT2D eigenvalue weighted by atomic mass is 10.0. The zero-order chi connectivity index (χ0) is 14.2. The highest BCUT2D eigenvalue weighted by Crippen LogP contribution is 2.25. The van der Waals surface area contributed by atoms with Gasteiger partial charge in [-0.2, -0.15) is 0 Å². The third-order valence-corrected chi connectivity index (χ3v) is 4.87. The molecule has 21 heavy (non-hydrogen) atoms. The summed E-state index contributed by atoms with van der Waals surface area (Å²) in [5.74, 6) is 1.24. The molecule has 0 N–H and O–H groups in total. The Morgan fingerprint density at radius 2 is 2.19 bits per heavy atom. The van der Waals surface area contributed by atoms with Crippen LogP contribution in [0.2, 0.25) is 0 Å². The maximum atomic E-state index is 12.2. The number of aryl methyl sites for hydroxylation is 1. The van der Waals surface area contributed by atoms with Crippen molar-refractivity contribution in [3.05, 3.63) is 50.4 Å². The van der Waals surface area contributed by atoms with Gasteiger partial charge in [0, 0.05) is 16.6 Å². The van der Waals surface area contributed by atoms with E-state index in [2.05, 4.69) is 5.16 Å². The standard InChI is InChI=1S/C15H14N2O3S/c18-15-17(11-4-1-2-6-14(11)21-15)9-10-8-13(20-16-10)12-5-3-7-19-12/h3,5,7-8H,1-2,4,6,9H2. The van der Waals surface area contributed by atoms with Crippen molar-refractivity contribution >= 4 is 11.3 Å². The summed E-state index contributed by atoms with van der Waals surface area (Å²) < 4.78 is 12.4. The van der Waals surface area contributed by atoms with Crippen LogP contribution in [0.15, 0.2) is 38.2 Å². The molecular formula is C15H14N2O3S. The number of hydrogen-bond donors (Lipinski definition) is 0.